The number of pyridine rings is 1. The van der Waals surface area contributed by atoms with Gasteiger partial charge in [0.25, 0.3) is 11.5 Å². The molecular formula is C26H24N4O3. The molecule has 1 aliphatic rings. The number of hydrogen-bond acceptors (Lipinski definition) is 4. The molecule has 2 aromatic heterocycles. The number of piperidine rings is 1. The van der Waals surface area contributed by atoms with Gasteiger partial charge >= 0.3 is 0 Å². The second kappa shape index (κ2) is 8.86. The van der Waals surface area contributed by atoms with Crippen LogP contribution in [-0.4, -0.2) is 38.7 Å². The summed E-state index contributed by atoms with van der Waals surface area (Å²) >= 11 is 0. The van der Waals surface area contributed by atoms with Crippen LogP contribution in [0.4, 0.5) is 0 Å². The van der Waals surface area contributed by atoms with E-state index in [1.165, 1.54) is 10.7 Å². The van der Waals surface area contributed by atoms with Crippen LogP contribution < -0.4 is 11.1 Å². The molecule has 7 nitrogen and oxygen atoms in total. The van der Waals surface area contributed by atoms with Gasteiger partial charge in [0, 0.05) is 48.2 Å². The average Bonchev–Trinajstić information content (AvgIpc) is 2.85. The van der Waals surface area contributed by atoms with E-state index in [1.807, 2.05) is 48.5 Å². The van der Waals surface area contributed by atoms with E-state index in [0.717, 1.165) is 29.5 Å². The number of hydrogen-bond donors (Lipinski definition) is 1. The topological polar surface area (TPSA) is 88.1 Å². The Kier molecular flexibility index (Phi) is 5.60. The molecule has 0 spiro atoms. The van der Waals surface area contributed by atoms with Gasteiger partial charge in [-0.1, -0.05) is 48.5 Å². The molecule has 1 fully saturated rings. The lowest BCUT2D eigenvalue weighted by atomic mass is 9.96. The highest BCUT2D eigenvalue weighted by atomic mass is 16.2. The highest BCUT2D eigenvalue weighted by molar-refractivity contribution is 6.05. The number of aromatic amines is 1. The van der Waals surface area contributed by atoms with E-state index in [1.54, 1.807) is 23.1 Å². The van der Waals surface area contributed by atoms with Crippen LogP contribution >= 0.6 is 0 Å². The molecule has 33 heavy (non-hydrogen) atoms. The maximum atomic E-state index is 13.2. The Hall–Kier alpha value is -4.00. The summed E-state index contributed by atoms with van der Waals surface area (Å²) in [6, 6.07) is 21.8. The van der Waals surface area contributed by atoms with Gasteiger partial charge in [-0.05, 0) is 30.9 Å². The highest BCUT2D eigenvalue weighted by Gasteiger charge is 2.25. The molecule has 166 valence electrons. The predicted molar refractivity (Wildman–Crippen MR) is 127 cm³/mol. The molecule has 0 atom stereocenters. The number of nitrogens with zero attached hydrogens (tertiary/aromatic N) is 3. The first-order valence-electron chi connectivity index (χ1n) is 11.1. The average molecular weight is 441 g/mol. The van der Waals surface area contributed by atoms with Crippen LogP contribution in [0.5, 0.6) is 0 Å². The van der Waals surface area contributed by atoms with Crippen molar-refractivity contribution >= 4 is 16.8 Å². The first kappa shape index (κ1) is 20.9. The van der Waals surface area contributed by atoms with Crippen LogP contribution in [-0.2, 0) is 6.54 Å². The molecule has 4 aromatic rings. The molecule has 1 amide bonds. The van der Waals surface area contributed by atoms with Crippen molar-refractivity contribution in [3.63, 3.8) is 0 Å². The Balaban J connectivity index is 1.29. The number of nitrogens with one attached hydrogen (secondary N) is 1. The maximum Gasteiger partial charge on any atom is 0.266 e. The summed E-state index contributed by atoms with van der Waals surface area (Å²) in [7, 11) is 0. The Bertz CT molecular complexity index is 1420. The summed E-state index contributed by atoms with van der Waals surface area (Å²) in [6.45, 7) is 1.69. The predicted octanol–water partition coefficient (Wildman–Crippen LogP) is 3.30. The van der Waals surface area contributed by atoms with E-state index in [0.29, 0.717) is 30.7 Å². The summed E-state index contributed by atoms with van der Waals surface area (Å²) < 4.78 is 1.54. The number of para-hydroxylation sites is 1. The van der Waals surface area contributed by atoms with Crippen LogP contribution in [0.2, 0.25) is 0 Å². The van der Waals surface area contributed by atoms with Crippen LogP contribution in [0.15, 0.2) is 82.4 Å². The van der Waals surface area contributed by atoms with Crippen molar-refractivity contribution < 1.29 is 4.79 Å². The van der Waals surface area contributed by atoms with E-state index in [4.69, 9.17) is 0 Å². The lowest BCUT2D eigenvalue weighted by molar-refractivity contribution is 0.0682. The van der Waals surface area contributed by atoms with Gasteiger partial charge in [-0.25, -0.2) is 4.68 Å². The van der Waals surface area contributed by atoms with Crippen LogP contribution in [0.1, 0.15) is 23.2 Å². The van der Waals surface area contributed by atoms with Crippen molar-refractivity contribution in [2.75, 3.05) is 13.1 Å². The van der Waals surface area contributed by atoms with Crippen molar-refractivity contribution in [3.8, 4) is 11.3 Å². The molecule has 1 saturated heterocycles. The number of H-pyrrole nitrogens is 1. The number of rotatable bonds is 4. The Morgan fingerprint density at radius 3 is 2.45 bits per heavy atom. The van der Waals surface area contributed by atoms with E-state index in [2.05, 4.69) is 10.1 Å². The van der Waals surface area contributed by atoms with Crippen molar-refractivity contribution in [2.45, 2.75) is 19.4 Å². The SMILES string of the molecule is O=C(c1cc(=O)[nH]c2ccccc12)N1CCC(Cn2nc(-c3ccccc3)ccc2=O)CC1. The van der Waals surface area contributed by atoms with Crippen molar-refractivity contribution in [2.24, 2.45) is 5.92 Å². The quantitative estimate of drug-likeness (QED) is 0.527. The molecule has 2 aromatic carbocycles. The standard InChI is InChI=1S/C26H24N4O3/c31-24-16-21(20-8-4-5-9-23(20)27-24)26(33)29-14-12-18(13-15-29)17-30-25(32)11-10-22(28-30)19-6-2-1-3-7-19/h1-11,16,18H,12-15,17H2,(H,27,31). The third kappa shape index (κ3) is 4.35. The smallest absolute Gasteiger partial charge is 0.266 e. The summed E-state index contributed by atoms with van der Waals surface area (Å²) in [4.78, 5) is 42.2. The number of amides is 1. The number of carbonyl (C=O) groups is 1. The van der Waals surface area contributed by atoms with Gasteiger partial charge in [-0.3, -0.25) is 14.4 Å². The van der Waals surface area contributed by atoms with E-state index in [-0.39, 0.29) is 22.9 Å². The minimum atomic E-state index is -0.282. The molecule has 0 aliphatic carbocycles. The zero-order chi connectivity index (χ0) is 22.8. The molecular weight excluding hydrogens is 416 g/mol. The maximum absolute atomic E-state index is 13.2. The largest absolute Gasteiger partial charge is 0.339 e. The lowest BCUT2D eigenvalue weighted by Gasteiger charge is -2.32. The van der Waals surface area contributed by atoms with Crippen molar-refractivity contribution in [1.29, 1.82) is 0 Å². The Morgan fingerprint density at radius 2 is 1.67 bits per heavy atom. The van der Waals surface area contributed by atoms with E-state index >= 15 is 0 Å². The van der Waals surface area contributed by atoms with Crippen molar-refractivity contribution in [1.82, 2.24) is 19.7 Å². The number of aromatic nitrogens is 3. The van der Waals surface area contributed by atoms with Crippen LogP contribution in [0.3, 0.4) is 0 Å². The fourth-order valence-corrected chi connectivity index (χ4v) is 4.46. The molecule has 3 heterocycles. The first-order chi connectivity index (χ1) is 16.1. The fourth-order valence-electron chi connectivity index (χ4n) is 4.46. The highest BCUT2D eigenvalue weighted by Crippen LogP contribution is 2.23. The Morgan fingerprint density at radius 1 is 0.939 bits per heavy atom. The molecule has 5 rings (SSSR count). The van der Waals surface area contributed by atoms with Gasteiger partial charge in [0.05, 0.1) is 11.3 Å². The molecule has 0 radical (unpaired) electrons. The first-order valence-corrected chi connectivity index (χ1v) is 11.1. The number of likely N-dealkylation sites (tertiary alicyclic amines) is 1. The normalized spacial score (nSPS) is 14.5. The molecule has 1 N–H and O–H groups in total. The van der Waals surface area contributed by atoms with Gasteiger partial charge in [-0.15, -0.1) is 0 Å². The molecule has 7 heteroatoms. The van der Waals surface area contributed by atoms with Crippen LogP contribution in [0.25, 0.3) is 22.2 Å². The third-order valence-corrected chi connectivity index (χ3v) is 6.25. The summed E-state index contributed by atoms with van der Waals surface area (Å²) in [6.07, 6.45) is 1.55. The number of benzene rings is 2. The second-order valence-electron chi connectivity index (χ2n) is 8.43. The molecule has 0 saturated carbocycles. The fraction of sp³-hybridized carbons (Fsp3) is 0.231. The van der Waals surface area contributed by atoms with Gasteiger partial charge in [-0.2, -0.15) is 5.10 Å². The second-order valence-corrected chi connectivity index (χ2v) is 8.43. The summed E-state index contributed by atoms with van der Waals surface area (Å²) in [5.74, 6) is 0.123. The minimum Gasteiger partial charge on any atom is -0.339 e. The van der Waals surface area contributed by atoms with Gasteiger partial charge in [0.2, 0.25) is 5.56 Å². The van der Waals surface area contributed by atoms with Crippen LogP contribution in [0, 0.1) is 5.92 Å². The molecule has 1 aliphatic heterocycles. The van der Waals surface area contributed by atoms with Crippen molar-refractivity contribution in [3.05, 3.63) is 99.1 Å². The molecule has 0 bridgehead atoms. The van der Waals surface area contributed by atoms with E-state index < -0.39 is 0 Å². The van der Waals surface area contributed by atoms with Gasteiger partial charge < -0.3 is 9.88 Å². The monoisotopic (exact) mass is 440 g/mol. The summed E-state index contributed by atoms with van der Waals surface area (Å²) in [5, 5.41) is 5.32. The zero-order valence-electron chi connectivity index (χ0n) is 18.1. The number of fused-ring (bicyclic) bond motifs is 1. The zero-order valence-corrected chi connectivity index (χ0v) is 18.1. The molecule has 0 unspecified atom stereocenters. The number of carbonyl (C=O) groups excluding carboxylic acids is 1. The van der Waals surface area contributed by atoms with Gasteiger partial charge in [0.1, 0.15) is 0 Å². The third-order valence-electron chi connectivity index (χ3n) is 6.25. The van der Waals surface area contributed by atoms with Gasteiger partial charge in [0.15, 0.2) is 0 Å². The minimum absolute atomic E-state index is 0.122. The Labute approximate surface area is 190 Å². The summed E-state index contributed by atoms with van der Waals surface area (Å²) in [5.41, 5.74) is 2.42. The van der Waals surface area contributed by atoms with E-state index in [9.17, 15) is 14.4 Å². The lowest BCUT2D eigenvalue weighted by Crippen LogP contribution is -2.40.